The number of imidazole rings is 1. The minimum Gasteiger partial charge on any atom is -0.338 e. The van der Waals surface area contributed by atoms with Crippen molar-refractivity contribution in [3.05, 3.63) is 60.4 Å². The zero-order valence-electron chi connectivity index (χ0n) is 18.0. The highest BCUT2D eigenvalue weighted by Gasteiger charge is 2.19. The van der Waals surface area contributed by atoms with Crippen LogP contribution in [0.4, 0.5) is 5.69 Å². The number of carbonyl (C=O) groups excluding carboxylic acids is 2. The first-order valence-corrected chi connectivity index (χ1v) is 10.5. The monoisotopic (exact) mass is 417 g/mol. The number of anilines is 1. The van der Waals surface area contributed by atoms with E-state index in [2.05, 4.69) is 22.5 Å². The molecule has 0 radical (unpaired) electrons. The van der Waals surface area contributed by atoms with Gasteiger partial charge in [-0.15, -0.1) is 0 Å². The third kappa shape index (κ3) is 5.28. The summed E-state index contributed by atoms with van der Waals surface area (Å²) < 4.78 is 2.10. The van der Waals surface area contributed by atoms with Crippen LogP contribution in [0.3, 0.4) is 0 Å². The molecule has 3 rings (SSSR count). The first-order chi connectivity index (χ1) is 15.0. The Morgan fingerprint density at radius 1 is 1.03 bits per heavy atom. The van der Waals surface area contributed by atoms with Crippen LogP contribution in [0.2, 0.25) is 0 Å². The van der Waals surface area contributed by atoms with E-state index in [4.69, 9.17) is 5.26 Å². The first-order valence-electron chi connectivity index (χ1n) is 10.5. The van der Waals surface area contributed by atoms with Crippen molar-refractivity contribution in [3.63, 3.8) is 0 Å². The van der Waals surface area contributed by atoms with Gasteiger partial charge in [0.25, 0.3) is 0 Å². The minimum atomic E-state index is -0.163. The molecular formula is C24H27N5O2. The number of nitriles is 1. The van der Waals surface area contributed by atoms with Crippen LogP contribution < -0.4 is 4.90 Å². The second-order valence-corrected chi connectivity index (χ2v) is 7.30. The fourth-order valence-corrected chi connectivity index (χ4v) is 3.61. The molecule has 0 fully saturated rings. The van der Waals surface area contributed by atoms with Crippen molar-refractivity contribution < 1.29 is 9.59 Å². The second-order valence-electron chi connectivity index (χ2n) is 7.30. The summed E-state index contributed by atoms with van der Waals surface area (Å²) in [6.45, 7) is 3.51. The van der Waals surface area contributed by atoms with Gasteiger partial charge in [-0.1, -0.05) is 30.3 Å². The third-order valence-electron chi connectivity index (χ3n) is 5.22. The summed E-state index contributed by atoms with van der Waals surface area (Å²) in [6, 6.07) is 19.2. The molecule has 1 heterocycles. The fourth-order valence-electron chi connectivity index (χ4n) is 3.61. The smallest absolute Gasteiger partial charge is 0.227 e. The largest absolute Gasteiger partial charge is 0.338 e. The van der Waals surface area contributed by atoms with Gasteiger partial charge in [0.05, 0.1) is 30.1 Å². The van der Waals surface area contributed by atoms with Gasteiger partial charge < -0.3 is 14.4 Å². The first kappa shape index (κ1) is 22.0. The second kappa shape index (κ2) is 10.4. The number of hydrogen-bond donors (Lipinski definition) is 0. The average Bonchev–Trinajstić information content (AvgIpc) is 3.15. The van der Waals surface area contributed by atoms with Gasteiger partial charge in [0, 0.05) is 38.7 Å². The Bertz CT molecular complexity index is 1080. The molecule has 0 saturated carbocycles. The molecular weight excluding hydrogens is 390 g/mol. The molecule has 0 spiro atoms. The summed E-state index contributed by atoms with van der Waals surface area (Å²) in [6.07, 6.45) is 0.437. The van der Waals surface area contributed by atoms with Gasteiger partial charge >= 0.3 is 0 Å². The van der Waals surface area contributed by atoms with Crippen molar-refractivity contribution in [2.45, 2.75) is 39.3 Å². The quantitative estimate of drug-likeness (QED) is 0.531. The Hall–Kier alpha value is -3.66. The standard InChI is InChI=1S/C24H27N5O2/c1-3-28-21-13-8-7-12-20(21)26-22(28)18-27(2)23(30)14-15-24(31)29(17-9-16-25)19-10-5-4-6-11-19/h4-8,10-13H,3,9,14-15,17-18H2,1-2H3. The number of amides is 2. The van der Waals surface area contributed by atoms with Gasteiger partial charge in [0.1, 0.15) is 5.82 Å². The normalized spacial score (nSPS) is 10.6. The van der Waals surface area contributed by atoms with E-state index in [1.54, 1.807) is 16.8 Å². The molecule has 0 aliphatic rings. The molecule has 2 amide bonds. The van der Waals surface area contributed by atoms with Crippen LogP contribution in [0, 0.1) is 11.3 Å². The number of nitrogens with zero attached hydrogens (tertiary/aromatic N) is 5. The molecule has 0 N–H and O–H groups in total. The molecule has 160 valence electrons. The van der Waals surface area contributed by atoms with Crippen LogP contribution in [-0.2, 0) is 22.7 Å². The van der Waals surface area contributed by atoms with E-state index in [-0.39, 0.29) is 31.1 Å². The van der Waals surface area contributed by atoms with E-state index in [9.17, 15) is 9.59 Å². The Morgan fingerprint density at radius 2 is 1.71 bits per heavy atom. The maximum atomic E-state index is 12.8. The molecule has 7 nitrogen and oxygen atoms in total. The Labute approximate surface area is 182 Å². The number of rotatable bonds is 9. The topological polar surface area (TPSA) is 82.2 Å². The molecule has 31 heavy (non-hydrogen) atoms. The van der Waals surface area contributed by atoms with Gasteiger partial charge in [-0.2, -0.15) is 5.26 Å². The van der Waals surface area contributed by atoms with Crippen molar-refractivity contribution >= 4 is 28.5 Å². The van der Waals surface area contributed by atoms with Crippen LogP contribution in [0.1, 0.15) is 32.0 Å². The van der Waals surface area contributed by atoms with Crippen molar-refractivity contribution in [2.75, 3.05) is 18.5 Å². The number of para-hydroxylation sites is 3. The van der Waals surface area contributed by atoms with E-state index in [1.165, 1.54) is 0 Å². The van der Waals surface area contributed by atoms with Crippen LogP contribution in [0.5, 0.6) is 0 Å². The zero-order valence-corrected chi connectivity index (χ0v) is 18.0. The van der Waals surface area contributed by atoms with Crippen molar-refractivity contribution in [2.24, 2.45) is 0 Å². The average molecular weight is 418 g/mol. The highest BCUT2D eigenvalue weighted by molar-refractivity contribution is 5.95. The number of aromatic nitrogens is 2. The molecule has 0 bridgehead atoms. The van der Waals surface area contributed by atoms with Crippen LogP contribution in [0.25, 0.3) is 11.0 Å². The molecule has 0 atom stereocenters. The molecule has 0 unspecified atom stereocenters. The molecule has 0 saturated heterocycles. The maximum Gasteiger partial charge on any atom is 0.227 e. The van der Waals surface area contributed by atoms with Gasteiger partial charge in [-0.05, 0) is 31.2 Å². The van der Waals surface area contributed by atoms with E-state index >= 15 is 0 Å². The Morgan fingerprint density at radius 3 is 2.42 bits per heavy atom. The third-order valence-corrected chi connectivity index (χ3v) is 5.22. The van der Waals surface area contributed by atoms with Crippen LogP contribution in [0.15, 0.2) is 54.6 Å². The van der Waals surface area contributed by atoms with E-state index in [1.807, 2.05) is 54.6 Å². The summed E-state index contributed by atoms with van der Waals surface area (Å²) >= 11 is 0. The summed E-state index contributed by atoms with van der Waals surface area (Å²) in [5.41, 5.74) is 2.69. The molecule has 0 aliphatic heterocycles. The lowest BCUT2D eigenvalue weighted by molar-refractivity contribution is -0.132. The van der Waals surface area contributed by atoms with Crippen LogP contribution >= 0.6 is 0 Å². The SMILES string of the molecule is CCn1c(CN(C)C(=O)CCC(=O)N(CCC#N)c2ccccc2)nc2ccccc21. The highest BCUT2D eigenvalue weighted by atomic mass is 16.2. The van der Waals surface area contributed by atoms with Gasteiger partial charge in [-0.25, -0.2) is 4.98 Å². The van der Waals surface area contributed by atoms with Gasteiger partial charge in [0.2, 0.25) is 11.8 Å². The van der Waals surface area contributed by atoms with Gasteiger partial charge in [-0.3, -0.25) is 9.59 Å². The van der Waals surface area contributed by atoms with Crippen molar-refractivity contribution in [1.29, 1.82) is 5.26 Å². The van der Waals surface area contributed by atoms with Crippen molar-refractivity contribution in [3.8, 4) is 6.07 Å². The number of fused-ring (bicyclic) bond motifs is 1. The number of hydrogen-bond acceptors (Lipinski definition) is 4. The van der Waals surface area contributed by atoms with E-state index in [0.717, 1.165) is 29.1 Å². The summed E-state index contributed by atoms with van der Waals surface area (Å²) in [4.78, 5) is 33.3. The highest BCUT2D eigenvalue weighted by Crippen LogP contribution is 2.18. The lowest BCUT2D eigenvalue weighted by Gasteiger charge is -2.22. The molecule has 3 aromatic rings. The zero-order chi connectivity index (χ0) is 22.2. The Balaban J connectivity index is 1.63. The number of aryl methyl sites for hydroxylation is 1. The van der Waals surface area contributed by atoms with Crippen LogP contribution in [-0.4, -0.2) is 39.9 Å². The lowest BCUT2D eigenvalue weighted by atomic mass is 10.2. The molecule has 1 aromatic heterocycles. The molecule has 7 heteroatoms. The predicted molar refractivity (Wildman–Crippen MR) is 120 cm³/mol. The fraction of sp³-hybridized carbons (Fsp3) is 0.333. The number of carbonyl (C=O) groups is 2. The van der Waals surface area contributed by atoms with E-state index in [0.29, 0.717) is 13.1 Å². The van der Waals surface area contributed by atoms with Crippen molar-refractivity contribution in [1.82, 2.24) is 14.5 Å². The van der Waals surface area contributed by atoms with Gasteiger partial charge in [0.15, 0.2) is 0 Å². The summed E-state index contributed by atoms with van der Waals surface area (Å²) in [5, 5.41) is 8.91. The van der Waals surface area contributed by atoms with E-state index < -0.39 is 0 Å². The maximum absolute atomic E-state index is 12.8. The summed E-state index contributed by atoms with van der Waals surface area (Å²) in [7, 11) is 1.73. The predicted octanol–water partition coefficient (Wildman–Crippen LogP) is 3.74. The summed E-state index contributed by atoms with van der Waals surface area (Å²) in [5.74, 6) is 0.547. The minimum absolute atomic E-state index is 0.0910. The Kier molecular flexibility index (Phi) is 7.39. The molecule has 0 aliphatic carbocycles. The number of benzene rings is 2. The lowest BCUT2D eigenvalue weighted by Crippen LogP contribution is -2.34. The molecule has 2 aromatic carbocycles.